The van der Waals surface area contributed by atoms with Crippen molar-refractivity contribution in [3.63, 3.8) is 0 Å². The summed E-state index contributed by atoms with van der Waals surface area (Å²) in [7, 11) is 1.62. The van der Waals surface area contributed by atoms with Gasteiger partial charge in [-0.15, -0.1) is 0 Å². The summed E-state index contributed by atoms with van der Waals surface area (Å²) in [4.78, 5) is 16.8. The molecule has 24 heavy (non-hydrogen) atoms. The Balaban J connectivity index is 1.65. The number of methoxy groups -OCH3 is 1. The largest absolute Gasteiger partial charge is 0.497 e. The molecule has 0 bridgehead atoms. The first-order valence-corrected chi connectivity index (χ1v) is 8.02. The molecular formula is C17H15ClN4O2. The summed E-state index contributed by atoms with van der Waals surface area (Å²) >= 11 is 5.91. The third-order valence-electron chi connectivity index (χ3n) is 4.05. The fourth-order valence-corrected chi connectivity index (χ4v) is 2.81. The number of anilines is 1. The summed E-state index contributed by atoms with van der Waals surface area (Å²) in [6, 6.07) is 7.43. The van der Waals surface area contributed by atoms with Gasteiger partial charge in [0.2, 0.25) is 0 Å². The van der Waals surface area contributed by atoms with Gasteiger partial charge in [0.15, 0.2) is 5.65 Å². The number of carbonyl (C=O) groups is 1. The molecule has 0 atom stereocenters. The molecule has 1 aliphatic rings. The van der Waals surface area contributed by atoms with Crippen LogP contribution in [0.3, 0.4) is 0 Å². The van der Waals surface area contributed by atoms with Crippen molar-refractivity contribution in [3.05, 3.63) is 52.9 Å². The lowest BCUT2D eigenvalue weighted by Crippen LogP contribution is -2.12. The molecule has 0 saturated heterocycles. The van der Waals surface area contributed by atoms with Crippen LogP contribution in [0.1, 0.15) is 34.7 Å². The van der Waals surface area contributed by atoms with Crippen molar-refractivity contribution < 1.29 is 9.53 Å². The number of amides is 1. The van der Waals surface area contributed by atoms with E-state index in [4.69, 9.17) is 16.3 Å². The van der Waals surface area contributed by atoms with Crippen LogP contribution < -0.4 is 10.1 Å². The van der Waals surface area contributed by atoms with E-state index in [1.165, 1.54) is 29.1 Å². The van der Waals surface area contributed by atoms with E-state index in [2.05, 4.69) is 15.4 Å². The molecule has 0 spiro atoms. The molecule has 2 heterocycles. The van der Waals surface area contributed by atoms with Crippen LogP contribution in [0, 0.1) is 0 Å². The molecule has 1 aliphatic carbocycles. The van der Waals surface area contributed by atoms with Gasteiger partial charge in [-0.05, 0) is 42.5 Å². The van der Waals surface area contributed by atoms with Gasteiger partial charge in [-0.2, -0.15) is 5.10 Å². The number of hydrogen-bond donors (Lipinski definition) is 1. The third kappa shape index (κ3) is 2.80. The molecule has 0 unspecified atom stereocenters. The highest BCUT2D eigenvalue weighted by Gasteiger charge is 2.25. The summed E-state index contributed by atoms with van der Waals surface area (Å²) in [5.74, 6) is 1.01. The number of ether oxygens (including phenoxy) is 1. The third-order valence-corrected chi connectivity index (χ3v) is 4.26. The molecule has 0 aliphatic heterocycles. The Hall–Kier alpha value is -2.60. The molecule has 1 fully saturated rings. The van der Waals surface area contributed by atoms with E-state index in [1.54, 1.807) is 25.4 Å². The predicted octanol–water partition coefficient (Wildman–Crippen LogP) is 3.52. The van der Waals surface area contributed by atoms with Crippen LogP contribution in [-0.4, -0.2) is 27.6 Å². The molecule has 4 rings (SSSR count). The molecule has 1 saturated carbocycles. The second-order valence-electron chi connectivity index (χ2n) is 5.80. The lowest BCUT2D eigenvalue weighted by atomic mass is 10.1. The van der Waals surface area contributed by atoms with Crippen LogP contribution in [-0.2, 0) is 0 Å². The molecule has 6 nitrogen and oxygen atoms in total. The quantitative estimate of drug-likeness (QED) is 0.736. The number of carbonyl (C=O) groups excluding carboxylic acids is 1. The number of nitrogens with one attached hydrogen (secondary N) is 1. The maximum Gasteiger partial charge on any atom is 0.261 e. The highest BCUT2D eigenvalue weighted by Crippen LogP contribution is 2.42. The van der Waals surface area contributed by atoms with Crippen molar-refractivity contribution in [2.75, 3.05) is 12.4 Å². The van der Waals surface area contributed by atoms with Crippen LogP contribution in [0.5, 0.6) is 5.75 Å². The summed E-state index contributed by atoms with van der Waals surface area (Å²) in [6.07, 6.45) is 5.50. The van der Waals surface area contributed by atoms with Crippen LogP contribution in [0.15, 0.2) is 36.7 Å². The molecular weight excluding hydrogens is 328 g/mol. The Morgan fingerprint density at radius 1 is 1.38 bits per heavy atom. The summed E-state index contributed by atoms with van der Waals surface area (Å²) in [5, 5.41) is 7.33. The summed E-state index contributed by atoms with van der Waals surface area (Å²) in [5.41, 5.74) is 2.67. The fraction of sp³-hybridized carbons (Fsp3) is 0.235. The van der Waals surface area contributed by atoms with E-state index >= 15 is 0 Å². The maximum atomic E-state index is 12.6. The monoisotopic (exact) mass is 342 g/mol. The average molecular weight is 343 g/mol. The van der Waals surface area contributed by atoms with E-state index < -0.39 is 0 Å². The van der Waals surface area contributed by atoms with E-state index in [9.17, 15) is 4.79 Å². The molecule has 7 heteroatoms. The van der Waals surface area contributed by atoms with E-state index in [-0.39, 0.29) is 5.91 Å². The zero-order valence-corrected chi connectivity index (χ0v) is 13.7. The first kappa shape index (κ1) is 15.0. The van der Waals surface area contributed by atoms with E-state index in [0.29, 0.717) is 28.0 Å². The van der Waals surface area contributed by atoms with Gasteiger partial charge in [0.1, 0.15) is 16.5 Å². The number of hydrogen-bond acceptors (Lipinski definition) is 4. The number of nitrogens with zero attached hydrogens (tertiary/aromatic N) is 3. The Labute approximate surface area is 143 Å². The van der Waals surface area contributed by atoms with Gasteiger partial charge in [0.05, 0.1) is 13.3 Å². The average Bonchev–Trinajstić information content (AvgIpc) is 3.34. The lowest BCUT2D eigenvalue weighted by molar-refractivity contribution is 0.102. The van der Waals surface area contributed by atoms with Gasteiger partial charge < -0.3 is 10.1 Å². The molecule has 122 valence electrons. The second-order valence-corrected chi connectivity index (χ2v) is 6.19. The zero-order valence-electron chi connectivity index (χ0n) is 13.0. The van der Waals surface area contributed by atoms with Gasteiger partial charge >= 0.3 is 0 Å². The first-order chi connectivity index (χ1) is 11.6. The van der Waals surface area contributed by atoms with E-state index in [0.717, 1.165) is 5.75 Å². The minimum atomic E-state index is -0.283. The number of halogens is 1. The Morgan fingerprint density at radius 2 is 2.21 bits per heavy atom. The normalized spacial score (nSPS) is 13.9. The van der Waals surface area contributed by atoms with Gasteiger partial charge in [0.25, 0.3) is 5.91 Å². The topological polar surface area (TPSA) is 68.5 Å². The van der Waals surface area contributed by atoms with Crippen LogP contribution in [0.2, 0.25) is 5.15 Å². The van der Waals surface area contributed by atoms with Crippen LogP contribution in [0.4, 0.5) is 5.69 Å². The molecule has 1 aromatic carbocycles. The van der Waals surface area contributed by atoms with Gasteiger partial charge in [-0.1, -0.05) is 11.6 Å². The minimum absolute atomic E-state index is 0.283. The van der Waals surface area contributed by atoms with Crippen molar-refractivity contribution in [1.29, 1.82) is 0 Å². The highest BCUT2D eigenvalue weighted by atomic mass is 35.5. The molecule has 2 aromatic heterocycles. The summed E-state index contributed by atoms with van der Waals surface area (Å²) < 4.78 is 6.85. The smallest absolute Gasteiger partial charge is 0.261 e. The number of rotatable bonds is 4. The van der Waals surface area contributed by atoms with Gasteiger partial charge in [0, 0.05) is 18.0 Å². The fourth-order valence-electron chi connectivity index (χ4n) is 2.67. The zero-order chi connectivity index (χ0) is 16.7. The Kier molecular flexibility index (Phi) is 3.61. The first-order valence-electron chi connectivity index (χ1n) is 7.64. The van der Waals surface area contributed by atoms with Crippen molar-refractivity contribution in [3.8, 4) is 5.75 Å². The second kappa shape index (κ2) is 5.79. The van der Waals surface area contributed by atoms with Crippen molar-refractivity contribution in [2.45, 2.75) is 18.8 Å². The van der Waals surface area contributed by atoms with Crippen molar-refractivity contribution in [1.82, 2.24) is 14.6 Å². The molecule has 1 amide bonds. The Morgan fingerprint density at radius 3 is 2.96 bits per heavy atom. The van der Waals surface area contributed by atoms with Crippen LogP contribution >= 0.6 is 11.6 Å². The predicted molar refractivity (Wildman–Crippen MR) is 90.9 cm³/mol. The number of fused-ring (bicyclic) bond motifs is 1. The maximum absolute atomic E-state index is 12.6. The number of benzene rings is 1. The Bertz CT molecular complexity index is 933. The van der Waals surface area contributed by atoms with Gasteiger partial charge in [-0.25, -0.2) is 9.50 Å². The minimum Gasteiger partial charge on any atom is -0.497 e. The van der Waals surface area contributed by atoms with E-state index in [1.807, 2.05) is 12.1 Å². The number of aromatic nitrogens is 3. The SMILES string of the molecule is COc1cc(NC(=O)c2cnn3ccc(Cl)nc23)cc(C2CC2)c1. The standard InChI is InChI=1S/C17H15ClN4O2/c1-24-13-7-11(10-2-3-10)6-12(8-13)20-17(23)14-9-19-22-5-4-15(18)21-16(14)22/h4-10H,2-3H2,1H3,(H,20,23). The lowest BCUT2D eigenvalue weighted by Gasteiger charge is -2.09. The summed E-state index contributed by atoms with van der Waals surface area (Å²) in [6.45, 7) is 0. The van der Waals surface area contributed by atoms with Gasteiger partial charge in [-0.3, -0.25) is 4.79 Å². The molecule has 0 radical (unpaired) electrons. The van der Waals surface area contributed by atoms with Crippen molar-refractivity contribution in [2.24, 2.45) is 0 Å². The molecule has 1 N–H and O–H groups in total. The molecule has 3 aromatic rings. The highest BCUT2D eigenvalue weighted by molar-refractivity contribution is 6.29. The van der Waals surface area contributed by atoms with Crippen molar-refractivity contribution >= 4 is 28.8 Å². The van der Waals surface area contributed by atoms with Crippen LogP contribution in [0.25, 0.3) is 5.65 Å².